The second kappa shape index (κ2) is 5.53. The van der Waals surface area contributed by atoms with Crippen LogP contribution in [0.1, 0.15) is 24.1 Å². The van der Waals surface area contributed by atoms with Gasteiger partial charge in [-0.1, -0.05) is 6.07 Å². The van der Waals surface area contributed by atoms with Crippen molar-refractivity contribution in [2.24, 2.45) is 0 Å². The van der Waals surface area contributed by atoms with Crippen LogP contribution in [-0.4, -0.2) is 25.6 Å². The lowest BCUT2D eigenvalue weighted by atomic mass is 10.0. The third kappa shape index (κ3) is 2.74. The molecule has 3 heteroatoms. The van der Waals surface area contributed by atoms with Gasteiger partial charge in [0.15, 0.2) is 0 Å². The Labute approximate surface area is 97.3 Å². The third-order valence-electron chi connectivity index (χ3n) is 2.45. The topological polar surface area (TPSA) is 36.3 Å². The molecule has 0 aliphatic heterocycles. The van der Waals surface area contributed by atoms with Gasteiger partial charge in [-0.25, -0.2) is 0 Å². The van der Waals surface area contributed by atoms with Crippen LogP contribution in [0.15, 0.2) is 18.2 Å². The molecule has 0 spiro atoms. The predicted octanol–water partition coefficient (Wildman–Crippen LogP) is 2.52. The summed E-state index contributed by atoms with van der Waals surface area (Å²) in [5, 5.41) is 9.09. The first-order chi connectivity index (χ1) is 7.60. The van der Waals surface area contributed by atoms with E-state index in [-0.39, 0.29) is 6.04 Å². The number of hydrogen-bond donors (Lipinski definition) is 0. The molecule has 16 heavy (non-hydrogen) atoms. The minimum Gasteiger partial charge on any atom is -0.494 e. The SMILES string of the molecule is CCOc1ccc(C(C#N)N(C)C)cc1C. The average Bonchev–Trinajstić information content (AvgIpc) is 2.22. The van der Waals surface area contributed by atoms with Gasteiger partial charge in [0.05, 0.1) is 12.7 Å². The maximum atomic E-state index is 9.09. The van der Waals surface area contributed by atoms with Gasteiger partial charge in [0, 0.05) is 0 Å². The van der Waals surface area contributed by atoms with Crippen molar-refractivity contribution in [2.45, 2.75) is 19.9 Å². The van der Waals surface area contributed by atoms with E-state index in [0.29, 0.717) is 6.61 Å². The number of benzene rings is 1. The van der Waals surface area contributed by atoms with Crippen molar-refractivity contribution < 1.29 is 4.74 Å². The Morgan fingerprint density at radius 3 is 2.56 bits per heavy atom. The number of nitriles is 1. The first kappa shape index (κ1) is 12.5. The molecule has 3 nitrogen and oxygen atoms in total. The van der Waals surface area contributed by atoms with Gasteiger partial charge in [-0.05, 0) is 51.2 Å². The fourth-order valence-corrected chi connectivity index (χ4v) is 1.65. The highest BCUT2D eigenvalue weighted by Gasteiger charge is 2.13. The van der Waals surface area contributed by atoms with Crippen LogP contribution in [0, 0.1) is 18.3 Å². The van der Waals surface area contributed by atoms with E-state index in [4.69, 9.17) is 10.00 Å². The summed E-state index contributed by atoms with van der Waals surface area (Å²) in [5.41, 5.74) is 2.08. The molecule has 0 fully saturated rings. The highest BCUT2D eigenvalue weighted by atomic mass is 16.5. The van der Waals surface area contributed by atoms with Crippen molar-refractivity contribution in [3.63, 3.8) is 0 Å². The van der Waals surface area contributed by atoms with E-state index in [1.54, 1.807) is 0 Å². The molecule has 0 aliphatic rings. The fraction of sp³-hybridized carbons (Fsp3) is 0.462. The van der Waals surface area contributed by atoms with Gasteiger partial charge < -0.3 is 4.74 Å². The molecule has 0 aliphatic carbocycles. The lowest BCUT2D eigenvalue weighted by molar-refractivity contribution is 0.336. The van der Waals surface area contributed by atoms with E-state index >= 15 is 0 Å². The maximum absolute atomic E-state index is 9.09. The first-order valence-electron chi connectivity index (χ1n) is 5.39. The highest BCUT2D eigenvalue weighted by molar-refractivity contribution is 5.38. The van der Waals surface area contributed by atoms with Gasteiger partial charge in [-0.3, -0.25) is 4.90 Å². The molecule has 0 bridgehead atoms. The zero-order valence-electron chi connectivity index (χ0n) is 10.3. The van der Waals surface area contributed by atoms with Crippen LogP contribution in [0.4, 0.5) is 0 Å². The quantitative estimate of drug-likeness (QED) is 0.779. The summed E-state index contributed by atoms with van der Waals surface area (Å²) in [5.74, 6) is 0.890. The van der Waals surface area contributed by atoms with Gasteiger partial charge in [-0.2, -0.15) is 5.26 Å². The summed E-state index contributed by atoms with van der Waals surface area (Å²) < 4.78 is 5.47. The molecule has 0 aromatic heterocycles. The number of ether oxygens (including phenoxy) is 1. The van der Waals surface area contributed by atoms with E-state index in [2.05, 4.69) is 6.07 Å². The van der Waals surface area contributed by atoms with Crippen LogP contribution in [0.2, 0.25) is 0 Å². The summed E-state index contributed by atoms with van der Waals surface area (Å²) >= 11 is 0. The Morgan fingerprint density at radius 1 is 1.44 bits per heavy atom. The monoisotopic (exact) mass is 218 g/mol. The Balaban J connectivity index is 3.01. The Bertz CT molecular complexity index is 393. The summed E-state index contributed by atoms with van der Waals surface area (Å²) in [4.78, 5) is 1.90. The summed E-state index contributed by atoms with van der Waals surface area (Å²) in [6, 6.07) is 7.98. The molecule has 1 unspecified atom stereocenters. The van der Waals surface area contributed by atoms with Crippen molar-refractivity contribution in [1.82, 2.24) is 4.90 Å². The maximum Gasteiger partial charge on any atom is 0.123 e. The van der Waals surface area contributed by atoms with Gasteiger partial charge in [0.1, 0.15) is 11.8 Å². The van der Waals surface area contributed by atoms with Gasteiger partial charge in [0.2, 0.25) is 0 Å². The summed E-state index contributed by atoms with van der Waals surface area (Å²) in [6.07, 6.45) is 0. The standard InChI is InChI=1S/C13H18N2O/c1-5-16-13-7-6-11(8-10(13)2)12(9-14)15(3)4/h6-8,12H,5H2,1-4H3. The molecule has 0 saturated carbocycles. The molecule has 0 radical (unpaired) electrons. The Hall–Kier alpha value is -1.53. The number of nitrogens with zero attached hydrogens (tertiary/aromatic N) is 2. The summed E-state index contributed by atoms with van der Waals surface area (Å²) in [7, 11) is 3.80. The van der Waals surface area contributed by atoms with Crippen molar-refractivity contribution in [3.8, 4) is 11.8 Å². The second-order valence-electron chi connectivity index (χ2n) is 3.95. The van der Waals surface area contributed by atoms with Gasteiger partial charge >= 0.3 is 0 Å². The average molecular weight is 218 g/mol. The van der Waals surface area contributed by atoms with Crippen molar-refractivity contribution >= 4 is 0 Å². The lowest BCUT2D eigenvalue weighted by Crippen LogP contribution is -2.18. The Morgan fingerprint density at radius 2 is 2.12 bits per heavy atom. The predicted molar refractivity (Wildman–Crippen MR) is 64.4 cm³/mol. The van der Waals surface area contributed by atoms with E-state index < -0.39 is 0 Å². The smallest absolute Gasteiger partial charge is 0.123 e. The fourth-order valence-electron chi connectivity index (χ4n) is 1.65. The molecule has 1 rings (SSSR count). The highest BCUT2D eigenvalue weighted by Crippen LogP contribution is 2.24. The second-order valence-corrected chi connectivity index (χ2v) is 3.95. The Kier molecular flexibility index (Phi) is 4.33. The lowest BCUT2D eigenvalue weighted by Gasteiger charge is -2.18. The molecule has 0 saturated heterocycles. The molecule has 0 N–H and O–H groups in total. The molecular formula is C13H18N2O. The number of hydrogen-bond acceptors (Lipinski definition) is 3. The molecule has 86 valence electrons. The normalized spacial score (nSPS) is 12.2. The van der Waals surface area contributed by atoms with Crippen LogP contribution in [-0.2, 0) is 0 Å². The van der Waals surface area contributed by atoms with Crippen LogP contribution in [0.25, 0.3) is 0 Å². The van der Waals surface area contributed by atoms with E-state index in [0.717, 1.165) is 16.9 Å². The molecule has 0 amide bonds. The molecule has 1 aromatic rings. The van der Waals surface area contributed by atoms with Crippen LogP contribution < -0.4 is 4.74 Å². The van der Waals surface area contributed by atoms with E-state index in [9.17, 15) is 0 Å². The van der Waals surface area contributed by atoms with Crippen molar-refractivity contribution in [2.75, 3.05) is 20.7 Å². The van der Waals surface area contributed by atoms with Crippen LogP contribution in [0.5, 0.6) is 5.75 Å². The van der Waals surface area contributed by atoms with Gasteiger partial charge in [0.25, 0.3) is 0 Å². The first-order valence-corrected chi connectivity index (χ1v) is 5.39. The molecular weight excluding hydrogens is 200 g/mol. The van der Waals surface area contributed by atoms with Crippen LogP contribution >= 0.6 is 0 Å². The van der Waals surface area contributed by atoms with Crippen molar-refractivity contribution in [1.29, 1.82) is 5.26 Å². The van der Waals surface area contributed by atoms with Crippen LogP contribution in [0.3, 0.4) is 0 Å². The molecule has 1 atom stereocenters. The number of aryl methyl sites for hydroxylation is 1. The molecule has 0 heterocycles. The minimum absolute atomic E-state index is 0.200. The largest absolute Gasteiger partial charge is 0.494 e. The minimum atomic E-state index is -0.200. The summed E-state index contributed by atoms with van der Waals surface area (Å²) in [6.45, 7) is 4.62. The van der Waals surface area contributed by atoms with E-state index in [1.807, 2.05) is 51.0 Å². The zero-order chi connectivity index (χ0) is 12.1. The third-order valence-corrected chi connectivity index (χ3v) is 2.45. The van der Waals surface area contributed by atoms with Gasteiger partial charge in [-0.15, -0.1) is 0 Å². The van der Waals surface area contributed by atoms with Crippen molar-refractivity contribution in [3.05, 3.63) is 29.3 Å². The number of rotatable bonds is 4. The van der Waals surface area contributed by atoms with E-state index in [1.165, 1.54) is 0 Å². The zero-order valence-corrected chi connectivity index (χ0v) is 10.3. The molecule has 1 aromatic carbocycles.